The molecule has 0 unspecified atom stereocenters. The standard InChI is InChI=1S/C31H41N5O3/c1-14-9-20-10-22-24(12-32)36-23(28(35(22)7)27(20)29(37)30(14)39-8)11-21-17(4)15(2)16(3)18(5)26(21)25(36)13-34-31(38)19(6)33/h9,19,22-25,28,37H,10-11,13,33H2,1-8H3,(H,34,38)/t19-,22+,23-,24-,25-,28+/m0/s1. The normalized spacial score (nSPS) is 26.6. The Hall–Kier alpha value is -3.12. The van der Waals surface area contributed by atoms with Crippen molar-refractivity contribution in [1.29, 1.82) is 5.26 Å². The second-order valence-electron chi connectivity index (χ2n) is 11.8. The average molecular weight is 532 g/mol. The lowest BCUT2D eigenvalue weighted by atomic mass is 9.70. The molecule has 1 amide bonds. The van der Waals surface area contributed by atoms with Gasteiger partial charge in [-0.15, -0.1) is 0 Å². The zero-order chi connectivity index (χ0) is 28.5. The molecule has 8 heteroatoms. The second-order valence-corrected chi connectivity index (χ2v) is 11.8. The number of rotatable bonds is 4. The summed E-state index contributed by atoms with van der Waals surface area (Å²) in [4.78, 5) is 17.3. The highest BCUT2D eigenvalue weighted by Crippen LogP contribution is 2.54. The smallest absolute Gasteiger partial charge is 0.236 e. The number of phenols is 1. The number of carbonyl (C=O) groups is 1. The third-order valence-corrected chi connectivity index (χ3v) is 9.88. The lowest BCUT2D eigenvalue weighted by Gasteiger charge is -2.60. The number of piperazine rings is 1. The van der Waals surface area contributed by atoms with E-state index in [0.717, 1.165) is 23.1 Å². The van der Waals surface area contributed by atoms with Crippen LogP contribution >= 0.6 is 0 Å². The minimum Gasteiger partial charge on any atom is -0.504 e. The third-order valence-electron chi connectivity index (χ3n) is 9.88. The first-order valence-electron chi connectivity index (χ1n) is 13.8. The Morgan fingerprint density at radius 1 is 1.15 bits per heavy atom. The number of nitrogens with one attached hydrogen (secondary N) is 1. The summed E-state index contributed by atoms with van der Waals surface area (Å²) in [5, 5.41) is 25.3. The van der Waals surface area contributed by atoms with Crippen LogP contribution in [-0.2, 0) is 17.6 Å². The van der Waals surface area contributed by atoms with Gasteiger partial charge in [0.25, 0.3) is 0 Å². The van der Waals surface area contributed by atoms with Crippen LogP contribution < -0.4 is 15.8 Å². The van der Waals surface area contributed by atoms with Gasteiger partial charge in [0.05, 0.1) is 31.3 Å². The molecule has 3 heterocycles. The van der Waals surface area contributed by atoms with Gasteiger partial charge in [-0.25, -0.2) is 0 Å². The van der Waals surface area contributed by atoms with E-state index in [9.17, 15) is 15.2 Å². The summed E-state index contributed by atoms with van der Waals surface area (Å²) in [7, 11) is 3.67. The SMILES string of the molecule is COc1c(C)cc2c(c1O)[C@H]1[C@@H]3Cc4c(C)c(C)c(C)c(C)c4[C@H](CNC(=O)[C@H](C)N)N3[C@@H](C#N)[C@@H](C2)N1C. The molecule has 0 aromatic heterocycles. The predicted octanol–water partition coefficient (Wildman–Crippen LogP) is 3.18. The number of benzene rings is 2. The van der Waals surface area contributed by atoms with Crippen LogP contribution in [0.1, 0.15) is 69.1 Å². The van der Waals surface area contributed by atoms with Gasteiger partial charge in [0, 0.05) is 24.2 Å². The molecule has 1 saturated heterocycles. The summed E-state index contributed by atoms with van der Waals surface area (Å²) in [5.41, 5.74) is 16.3. The van der Waals surface area contributed by atoms with E-state index in [4.69, 9.17) is 10.5 Å². The molecule has 2 aromatic rings. The van der Waals surface area contributed by atoms with Gasteiger partial charge in [-0.05, 0) is 106 Å². The largest absolute Gasteiger partial charge is 0.504 e. The summed E-state index contributed by atoms with van der Waals surface area (Å²) in [5.74, 6) is 0.492. The van der Waals surface area contributed by atoms with Crippen molar-refractivity contribution in [3.8, 4) is 17.6 Å². The Morgan fingerprint density at radius 2 is 1.82 bits per heavy atom. The Balaban J connectivity index is 1.75. The molecule has 0 radical (unpaired) electrons. The molecule has 4 N–H and O–H groups in total. The Bertz CT molecular complexity index is 1390. The molecule has 0 saturated carbocycles. The molecule has 5 rings (SSSR count). The van der Waals surface area contributed by atoms with Crippen LogP contribution in [0.15, 0.2) is 6.07 Å². The average Bonchev–Trinajstić information content (AvgIpc) is 2.89. The fourth-order valence-electron chi connectivity index (χ4n) is 7.62. The van der Waals surface area contributed by atoms with Crippen molar-refractivity contribution in [3.05, 3.63) is 56.1 Å². The molecule has 0 aliphatic carbocycles. The van der Waals surface area contributed by atoms with E-state index in [2.05, 4.69) is 62.0 Å². The number of hydrogen-bond donors (Lipinski definition) is 3. The highest BCUT2D eigenvalue weighted by atomic mass is 16.5. The van der Waals surface area contributed by atoms with Crippen molar-refractivity contribution < 1.29 is 14.6 Å². The lowest BCUT2D eigenvalue weighted by molar-refractivity contribution is -0.123. The molecule has 0 spiro atoms. The minimum atomic E-state index is -0.621. The van der Waals surface area contributed by atoms with E-state index in [1.807, 2.05) is 6.92 Å². The van der Waals surface area contributed by atoms with Gasteiger partial charge >= 0.3 is 0 Å². The fraction of sp³-hybridized carbons (Fsp3) is 0.548. The number of fused-ring (bicyclic) bond motifs is 7. The van der Waals surface area contributed by atoms with E-state index in [1.165, 1.54) is 33.4 Å². The van der Waals surface area contributed by atoms with E-state index >= 15 is 0 Å². The number of aromatic hydroxyl groups is 1. The van der Waals surface area contributed by atoms with E-state index in [0.29, 0.717) is 18.7 Å². The summed E-state index contributed by atoms with van der Waals surface area (Å²) in [6.07, 6.45) is 1.40. The van der Waals surface area contributed by atoms with Crippen LogP contribution in [0.3, 0.4) is 0 Å². The molecule has 2 bridgehead atoms. The summed E-state index contributed by atoms with van der Waals surface area (Å²) < 4.78 is 5.63. The molecular weight excluding hydrogens is 490 g/mol. The quantitative estimate of drug-likeness (QED) is 0.555. The number of phenolic OH excluding ortho intramolecular Hbond substituents is 1. The fourth-order valence-corrected chi connectivity index (χ4v) is 7.62. The highest BCUT2D eigenvalue weighted by molar-refractivity contribution is 5.81. The number of methoxy groups -OCH3 is 1. The lowest BCUT2D eigenvalue weighted by Crippen LogP contribution is -2.69. The molecule has 3 aliphatic heterocycles. The number of ether oxygens (including phenoxy) is 1. The number of aryl methyl sites for hydroxylation is 1. The van der Waals surface area contributed by atoms with Crippen molar-refractivity contribution in [3.63, 3.8) is 0 Å². The topological polar surface area (TPSA) is 115 Å². The first-order chi connectivity index (χ1) is 18.4. The monoisotopic (exact) mass is 531 g/mol. The number of likely N-dealkylation sites (N-methyl/N-ethyl adjacent to an activating group) is 1. The summed E-state index contributed by atoms with van der Waals surface area (Å²) in [6, 6.07) is 3.29. The molecule has 3 aliphatic rings. The summed E-state index contributed by atoms with van der Waals surface area (Å²) in [6.45, 7) is 12.7. The van der Waals surface area contributed by atoms with Crippen molar-refractivity contribution in [2.45, 2.75) is 90.6 Å². The van der Waals surface area contributed by atoms with Crippen molar-refractivity contribution in [1.82, 2.24) is 15.1 Å². The van der Waals surface area contributed by atoms with Gasteiger partial charge < -0.3 is 20.9 Å². The van der Waals surface area contributed by atoms with Gasteiger partial charge in [0.2, 0.25) is 5.91 Å². The predicted molar refractivity (Wildman–Crippen MR) is 151 cm³/mol. The van der Waals surface area contributed by atoms with Crippen LogP contribution in [-0.4, -0.2) is 65.7 Å². The number of hydrogen-bond acceptors (Lipinski definition) is 7. The van der Waals surface area contributed by atoms with Crippen molar-refractivity contribution in [2.24, 2.45) is 5.73 Å². The number of nitrogens with zero attached hydrogens (tertiary/aromatic N) is 3. The molecule has 8 nitrogen and oxygen atoms in total. The van der Waals surface area contributed by atoms with Gasteiger partial charge in [0.1, 0.15) is 6.04 Å². The molecule has 208 valence electrons. The molecular formula is C31H41N5O3. The number of nitriles is 1. The first kappa shape index (κ1) is 27.4. The van der Waals surface area contributed by atoms with Crippen LogP contribution in [0.25, 0.3) is 0 Å². The maximum atomic E-state index is 12.7. The van der Waals surface area contributed by atoms with Gasteiger partial charge in [-0.1, -0.05) is 6.07 Å². The van der Waals surface area contributed by atoms with Gasteiger partial charge in [-0.3, -0.25) is 14.6 Å². The van der Waals surface area contributed by atoms with Crippen LogP contribution in [0.4, 0.5) is 0 Å². The van der Waals surface area contributed by atoms with E-state index in [1.54, 1.807) is 14.0 Å². The number of amides is 1. The van der Waals surface area contributed by atoms with Crippen molar-refractivity contribution >= 4 is 5.91 Å². The maximum absolute atomic E-state index is 12.7. The Kier molecular flexibility index (Phi) is 6.91. The second kappa shape index (κ2) is 9.81. The molecule has 39 heavy (non-hydrogen) atoms. The summed E-state index contributed by atoms with van der Waals surface area (Å²) >= 11 is 0. The van der Waals surface area contributed by atoms with Gasteiger partial charge in [-0.2, -0.15) is 5.26 Å². The maximum Gasteiger partial charge on any atom is 0.236 e. The first-order valence-corrected chi connectivity index (χ1v) is 13.8. The third kappa shape index (κ3) is 3.94. The van der Waals surface area contributed by atoms with Crippen LogP contribution in [0.5, 0.6) is 11.5 Å². The van der Waals surface area contributed by atoms with Crippen LogP contribution in [0, 0.1) is 45.9 Å². The van der Waals surface area contributed by atoms with Crippen molar-refractivity contribution in [2.75, 3.05) is 20.7 Å². The molecule has 6 atom stereocenters. The highest BCUT2D eigenvalue weighted by Gasteiger charge is 2.55. The van der Waals surface area contributed by atoms with E-state index in [-0.39, 0.29) is 41.9 Å². The van der Waals surface area contributed by atoms with Gasteiger partial charge in [0.15, 0.2) is 11.5 Å². The number of nitrogens with two attached hydrogens (primary N) is 1. The number of carbonyl (C=O) groups excluding carboxylic acids is 1. The zero-order valence-electron chi connectivity index (χ0n) is 24.3. The van der Waals surface area contributed by atoms with Crippen LogP contribution in [0.2, 0.25) is 0 Å². The zero-order valence-corrected chi connectivity index (χ0v) is 24.3. The minimum absolute atomic E-state index is 0.0583. The molecule has 1 fully saturated rings. The molecule has 2 aromatic carbocycles. The van der Waals surface area contributed by atoms with E-state index < -0.39 is 6.04 Å². The Morgan fingerprint density at radius 3 is 2.44 bits per heavy atom. The Labute approximate surface area is 231 Å².